The smallest absolute Gasteiger partial charge is 0.406 e. The second-order valence-electron chi connectivity index (χ2n) is 8.50. The Labute approximate surface area is 195 Å². The van der Waals surface area contributed by atoms with E-state index in [4.69, 9.17) is 4.74 Å². The van der Waals surface area contributed by atoms with Crippen LogP contribution in [0.15, 0.2) is 30.5 Å². The molecule has 33 heavy (non-hydrogen) atoms. The van der Waals surface area contributed by atoms with E-state index < -0.39 is 6.36 Å². The van der Waals surface area contributed by atoms with Gasteiger partial charge in [-0.3, -0.25) is 4.79 Å². The zero-order valence-electron chi connectivity index (χ0n) is 17.9. The topological polar surface area (TPSA) is 63.7 Å². The number of hydrogen-bond donors (Lipinski definition) is 1. The van der Waals surface area contributed by atoms with Crippen LogP contribution >= 0.6 is 12.4 Å². The highest BCUT2D eigenvalue weighted by Gasteiger charge is 2.39. The summed E-state index contributed by atoms with van der Waals surface area (Å²) in [5.74, 6) is 0.890. The normalized spacial score (nSPS) is 21.7. The molecule has 178 valence electrons. The number of aromatic nitrogens is 1. The minimum absolute atomic E-state index is 0. The number of halogens is 4. The Morgan fingerprint density at radius 3 is 2.42 bits per heavy atom. The third-order valence-corrected chi connectivity index (χ3v) is 6.56. The van der Waals surface area contributed by atoms with Crippen LogP contribution < -0.4 is 10.1 Å². The lowest BCUT2D eigenvalue weighted by Crippen LogP contribution is -2.41. The number of nitrogens with zero attached hydrogens (tertiary/aromatic N) is 2. The van der Waals surface area contributed by atoms with E-state index in [1.54, 1.807) is 12.3 Å². The number of nitrogens with one attached hydrogen (secondary N) is 1. The van der Waals surface area contributed by atoms with Crippen molar-refractivity contribution in [3.05, 3.63) is 47.2 Å². The quantitative estimate of drug-likeness (QED) is 0.633. The van der Waals surface area contributed by atoms with Crippen molar-refractivity contribution in [3.8, 4) is 5.75 Å². The van der Waals surface area contributed by atoms with Crippen molar-refractivity contribution in [1.82, 2.24) is 9.88 Å². The maximum Gasteiger partial charge on any atom is 0.573 e. The van der Waals surface area contributed by atoms with Gasteiger partial charge in [-0.05, 0) is 55.2 Å². The van der Waals surface area contributed by atoms with Crippen molar-refractivity contribution >= 4 is 29.8 Å². The molecule has 1 saturated carbocycles. The molecule has 1 aromatic heterocycles. The number of fused-ring (bicyclic) bond motifs is 2. The molecule has 2 fully saturated rings. The first-order valence-electron chi connectivity index (χ1n) is 10.9. The predicted molar refractivity (Wildman–Crippen MR) is 119 cm³/mol. The summed E-state index contributed by atoms with van der Waals surface area (Å²) >= 11 is 0. The maximum atomic E-state index is 13.3. The summed E-state index contributed by atoms with van der Waals surface area (Å²) in [5.41, 5.74) is 3.20. The van der Waals surface area contributed by atoms with Gasteiger partial charge in [0.1, 0.15) is 11.6 Å². The standard InChI is InChI=1S/C23H24F3N3O3.ClH/c24-23(25,26)32-17-3-1-2-16(12-17)28-21-20-15-6-4-14(5-7-15)19(20)18(13-27-21)22(30)29-8-10-31-11-9-29;/h1-3,12-15H,4-11H2,(H,27,28);1H. The fourth-order valence-corrected chi connectivity index (χ4v) is 5.18. The van der Waals surface area contributed by atoms with E-state index in [-0.39, 0.29) is 30.0 Å². The highest BCUT2D eigenvalue weighted by atomic mass is 35.5. The average molecular weight is 484 g/mol. The van der Waals surface area contributed by atoms with E-state index in [9.17, 15) is 18.0 Å². The maximum absolute atomic E-state index is 13.3. The Kier molecular flexibility index (Phi) is 6.72. The number of benzene rings is 1. The Bertz CT molecular complexity index is 1020. The lowest BCUT2D eigenvalue weighted by atomic mass is 9.66. The number of rotatable bonds is 4. The molecule has 2 heterocycles. The highest BCUT2D eigenvalue weighted by Crippen LogP contribution is 2.52. The van der Waals surface area contributed by atoms with E-state index in [2.05, 4.69) is 15.0 Å². The molecule has 6 rings (SSSR count). The minimum Gasteiger partial charge on any atom is -0.406 e. The number of carbonyl (C=O) groups is 1. The molecular weight excluding hydrogens is 459 g/mol. The molecule has 0 atom stereocenters. The monoisotopic (exact) mass is 483 g/mol. The summed E-state index contributed by atoms with van der Waals surface area (Å²) in [6.45, 7) is 2.19. The molecule has 1 saturated heterocycles. The average Bonchev–Trinajstić information content (AvgIpc) is 2.79. The Balaban J connectivity index is 0.00000259. The van der Waals surface area contributed by atoms with Gasteiger partial charge < -0.3 is 19.7 Å². The molecule has 1 aliphatic heterocycles. The number of hydrogen-bond acceptors (Lipinski definition) is 5. The van der Waals surface area contributed by atoms with Crippen LogP contribution in [0.4, 0.5) is 24.7 Å². The molecule has 1 amide bonds. The van der Waals surface area contributed by atoms with Crippen molar-refractivity contribution in [2.24, 2.45) is 0 Å². The van der Waals surface area contributed by atoms with Gasteiger partial charge in [0.05, 0.1) is 18.8 Å². The van der Waals surface area contributed by atoms with E-state index >= 15 is 0 Å². The number of morpholine rings is 1. The molecule has 6 nitrogen and oxygen atoms in total. The van der Waals surface area contributed by atoms with Crippen molar-refractivity contribution < 1.29 is 27.4 Å². The third-order valence-electron chi connectivity index (χ3n) is 6.56. The lowest BCUT2D eigenvalue weighted by Gasteiger charge is -2.40. The number of anilines is 2. The Morgan fingerprint density at radius 1 is 1.09 bits per heavy atom. The second-order valence-corrected chi connectivity index (χ2v) is 8.50. The molecule has 3 aliphatic carbocycles. The first-order valence-corrected chi connectivity index (χ1v) is 10.9. The van der Waals surface area contributed by atoms with Gasteiger partial charge in [-0.25, -0.2) is 4.98 Å². The Hall–Kier alpha value is -2.52. The molecule has 2 bridgehead atoms. The summed E-state index contributed by atoms with van der Waals surface area (Å²) < 4.78 is 47.2. The van der Waals surface area contributed by atoms with Crippen molar-refractivity contribution in [2.75, 3.05) is 31.6 Å². The molecule has 2 aromatic rings. The first-order chi connectivity index (χ1) is 15.4. The van der Waals surface area contributed by atoms with E-state index in [1.807, 2.05) is 4.90 Å². The number of pyridine rings is 1. The molecular formula is C23H25ClF3N3O3. The van der Waals surface area contributed by atoms with Crippen LogP contribution in [-0.4, -0.2) is 48.5 Å². The van der Waals surface area contributed by atoms with Gasteiger partial charge in [0.15, 0.2) is 0 Å². The summed E-state index contributed by atoms with van der Waals surface area (Å²) in [6, 6.07) is 5.73. The zero-order valence-corrected chi connectivity index (χ0v) is 18.7. The van der Waals surface area contributed by atoms with Crippen LogP contribution in [0.1, 0.15) is 59.0 Å². The molecule has 0 spiro atoms. The van der Waals surface area contributed by atoms with Crippen LogP contribution in [0.5, 0.6) is 5.75 Å². The number of ether oxygens (including phenoxy) is 2. The van der Waals surface area contributed by atoms with Crippen LogP contribution in [0.2, 0.25) is 0 Å². The van der Waals surface area contributed by atoms with Crippen LogP contribution in [-0.2, 0) is 4.74 Å². The molecule has 0 unspecified atom stereocenters. The van der Waals surface area contributed by atoms with Gasteiger partial charge in [-0.15, -0.1) is 25.6 Å². The highest BCUT2D eigenvalue weighted by molar-refractivity contribution is 5.97. The van der Waals surface area contributed by atoms with Crippen molar-refractivity contribution in [2.45, 2.75) is 43.9 Å². The summed E-state index contributed by atoms with van der Waals surface area (Å²) in [4.78, 5) is 19.7. The number of amides is 1. The minimum atomic E-state index is -4.75. The SMILES string of the molecule is Cl.O=C(c1cnc(Nc2cccc(OC(F)(F)F)c2)c2c1C1CCC2CC1)N1CCOCC1. The lowest BCUT2D eigenvalue weighted by molar-refractivity contribution is -0.274. The summed E-state index contributed by atoms with van der Waals surface area (Å²) in [6.07, 6.45) is 1.01. The van der Waals surface area contributed by atoms with E-state index in [0.717, 1.165) is 36.8 Å². The summed E-state index contributed by atoms with van der Waals surface area (Å²) in [5, 5.41) is 3.19. The van der Waals surface area contributed by atoms with Crippen LogP contribution in [0.3, 0.4) is 0 Å². The first kappa shape index (κ1) is 23.6. The van der Waals surface area contributed by atoms with Crippen LogP contribution in [0.25, 0.3) is 0 Å². The molecule has 1 aromatic carbocycles. The predicted octanol–water partition coefficient (Wildman–Crippen LogP) is 5.37. The second kappa shape index (κ2) is 9.38. The van der Waals surface area contributed by atoms with Crippen molar-refractivity contribution in [1.29, 1.82) is 0 Å². The number of alkyl halides is 3. The molecule has 4 aliphatic rings. The number of carbonyl (C=O) groups excluding carboxylic acids is 1. The molecule has 10 heteroatoms. The fraction of sp³-hybridized carbons (Fsp3) is 0.478. The zero-order chi connectivity index (χ0) is 22.3. The largest absolute Gasteiger partial charge is 0.573 e. The Morgan fingerprint density at radius 2 is 1.76 bits per heavy atom. The van der Waals surface area contributed by atoms with Gasteiger partial charge >= 0.3 is 6.36 Å². The van der Waals surface area contributed by atoms with Gasteiger partial charge in [-0.2, -0.15) is 0 Å². The molecule has 1 N–H and O–H groups in total. The van der Waals surface area contributed by atoms with Crippen LogP contribution in [0, 0.1) is 0 Å². The van der Waals surface area contributed by atoms with Gasteiger partial charge in [-0.1, -0.05) is 6.07 Å². The summed E-state index contributed by atoms with van der Waals surface area (Å²) in [7, 11) is 0. The molecule has 0 radical (unpaired) electrons. The van der Waals surface area contributed by atoms with Crippen molar-refractivity contribution in [3.63, 3.8) is 0 Å². The fourth-order valence-electron chi connectivity index (χ4n) is 5.18. The van der Waals surface area contributed by atoms with E-state index in [1.165, 1.54) is 18.2 Å². The van der Waals surface area contributed by atoms with Gasteiger partial charge in [0.25, 0.3) is 5.91 Å². The third kappa shape index (κ3) is 4.89. The van der Waals surface area contributed by atoms with Gasteiger partial charge in [0, 0.05) is 36.6 Å². The van der Waals surface area contributed by atoms with Gasteiger partial charge in [0.2, 0.25) is 0 Å². The van der Waals surface area contributed by atoms with E-state index in [0.29, 0.717) is 49.3 Å².